The number of benzene rings is 1. The summed E-state index contributed by atoms with van der Waals surface area (Å²) in [4.78, 5) is 12.1. The van der Waals surface area contributed by atoms with Crippen LogP contribution in [0.15, 0.2) is 29.8 Å². The molecule has 0 saturated carbocycles. The Bertz CT molecular complexity index is 519. The lowest BCUT2D eigenvalue weighted by molar-refractivity contribution is 0.0956. The fourth-order valence-corrected chi connectivity index (χ4v) is 2.84. The second-order valence-electron chi connectivity index (χ2n) is 5.34. The van der Waals surface area contributed by atoms with Gasteiger partial charge in [0.25, 0.3) is 5.91 Å². The summed E-state index contributed by atoms with van der Waals surface area (Å²) < 4.78 is 0. The zero-order chi connectivity index (χ0) is 13.1. The van der Waals surface area contributed by atoms with Gasteiger partial charge in [-0.3, -0.25) is 4.79 Å². The minimum Gasteiger partial charge on any atom is -0.348 e. The van der Waals surface area contributed by atoms with Crippen LogP contribution >= 0.6 is 0 Å². The molecule has 0 atom stereocenters. The number of hydrogen-bond acceptors (Lipinski definition) is 2. The van der Waals surface area contributed by atoms with E-state index in [0.717, 1.165) is 37.9 Å². The molecule has 3 rings (SSSR count). The van der Waals surface area contributed by atoms with Crippen LogP contribution in [0.1, 0.15) is 34.3 Å². The van der Waals surface area contributed by atoms with Crippen LogP contribution in [0.3, 0.4) is 0 Å². The van der Waals surface area contributed by atoms with Gasteiger partial charge in [-0.1, -0.05) is 17.7 Å². The van der Waals surface area contributed by atoms with Crippen LogP contribution in [0.2, 0.25) is 0 Å². The number of amides is 1. The Balaban J connectivity index is 1.62. The number of carbonyl (C=O) groups excluding carboxylic acids is 1. The molecule has 1 aromatic carbocycles. The Morgan fingerprint density at radius 3 is 2.95 bits per heavy atom. The van der Waals surface area contributed by atoms with Crippen molar-refractivity contribution in [2.75, 3.05) is 19.6 Å². The second kappa shape index (κ2) is 5.57. The molecule has 0 aromatic heterocycles. The summed E-state index contributed by atoms with van der Waals surface area (Å²) >= 11 is 0. The molecule has 0 radical (unpaired) electrons. The zero-order valence-electron chi connectivity index (χ0n) is 11.2. The Morgan fingerprint density at radius 1 is 1.21 bits per heavy atom. The Kier molecular flexibility index (Phi) is 3.65. The van der Waals surface area contributed by atoms with E-state index in [4.69, 9.17) is 0 Å². The third kappa shape index (κ3) is 2.87. The van der Waals surface area contributed by atoms with Crippen LogP contribution in [0, 0.1) is 0 Å². The molecule has 3 heteroatoms. The maximum Gasteiger partial charge on any atom is 0.251 e. The van der Waals surface area contributed by atoms with E-state index in [0.29, 0.717) is 6.54 Å². The summed E-state index contributed by atoms with van der Waals surface area (Å²) in [5, 5.41) is 6.30. The molecule has 0 unspecified atom stereocenters. The molecule has 1 heterocycles. The normalized spacial score (nSPS) is 17.8. The van der Waals surface area contributed by atoms with Crippen molar-refractivity contribution < 1.29 is 4.79 Å². The average Bonchev–Trinajstić information content (AvgIpc) is 2.93. The van der Waals surface area contributed by atoms with Gasteiger partial charge in [-0.05, 0) is 55.5 Å². The van der Waals surface area contributed by atoms with Crippen molar-refractivity contribution in [1.82, 2.24) is 10.6 Å². The van der Waals surface area contributed by atoms with Crippen molar-refractivity contribution in [2.24, 2.45) is 0 Å². The molecule has 0 fully saturated rings. The highest BCUT2D eigenvalue weighted by Gasteiger charge is 2.14. The fourth-order valence-electron chi connectivity index (χ4n) is 2.84. The molecule has 1 amide bonds. The molecule has 100 valence electrons. The van der Waals surface area contributed by atoms with Crippen molar-refractivity contribution in [3.05, 3.63) is 46.5 Å². The van der Waals surface area contributed by atoms with Gasteiger partial charge in [0.2, 0.25) is 0 Å². The lowest BCUT2D eigenvalue weighted by atomic mass is 10.1. The monoisotopic (exact) mass is 256 g/mol. The van der Waals surface area contributed by atoms with Gasteiger partial charge in [-0.25, -0.2) is 0 Å². The minimum atomic E-state index is 0.0501. The summed E-state index contributed by atoms with van der Waals surface area (Å²) in [5.74, 6) is 0.0501. The predicted molar refractivity (Wildman–Crippen MR) is 76.4 cm³/mol. The van der Waals surface area contributed by atoms with Gasteiger partial charge < -0.3 is 10.6 Å². The van der Waals surface area contributed by atoms with Crippen LogP contribution in [-0.2, 0) is 12.8 Å². The maximum absolute atomic E-state index is 12.1. The van der Waals surface area contributed by atoms with Crippen molar-refractivity contribution >= 4 is 5.91 Å². The molecular weight excluding hydrogens is 236 g/mol. The molecule has 0 saturated heterocycles. The number of carbonyl (C=O) groups is 1. The highest BCUT2D eigenvalue weighted by atomic mass is 16.1. The molecule has 2 N–H and O–H groups in total. The van der Waals surface area contributed by atoms with Crippen molar-refractivity contribution in [1.29, 1.82) is 0 Å². The van der Waals surface area contributed by atoms with Gasteiger partial charge in [0, 0.05) is 18.7 Å². The average molecular weight is 256 g/mol. The third-order valence-electron chi connectivity index (χ3n) is 3.99. The standard InChI is InChI=1S/C16H20N2O/c19-16(18-11-12-6-8-17-9-7-12)15-5-4-13-2-1-3-14(13)10-15/h4-6,10,17H,1-3,7-9,11H2,(H,18,19). The topological polar surface area (TPSA) is 41.1 Å². The van der Waals surface area contributed by atoms with E-state index in [2.05, 4.69) is 28.8 Å². The smallest absolute Gasteiger partial charge is 0.251 e. The molecule has 1 aliphatic heterocycles. The van der Waals surface area contributed by atoms with Crippen LogP contribution in [-0.4, -0.2) is 25.5 Å². The first-order chi connectivity index (χ1) is 9.33. The number of hydrogen-bond donors (Lipinski definition) is 2. The Morgan fingerprint density at radius 2 is 2.11 bits per heavy atom. The highest BCUT2D eigenvalue weighted by molar-refractivity contribution is 5.94. The van der Waals surface area contributed by atoms with Crippen LogP contribution in [0.4, 0.5) is 0 Å². The Hall–Kier alpha value is -1.61. The SMILES string of the molecule is O=C(NCC1=CCNCC1)c1ccc2c(c1)CCC2. The minimum absolute atomic E-state index is 0.0501. The van der Waals surface area contributed by atoms with Gasteiger partial charge in [0.15, 0.2) is 0 Å². The number of nitrogens with one attached hydrogen (secondary N) is 2. The third-order valence-corrected chi connectivity index (χ3v) is 3.99. The summed E-state index contributed by atoms with van der Waals surface area (Å²) in [6.45, 7) is 2.61. The predicted octanol–water partition coefficient (Wildman–Crippen LogP) is 1.82. The molecule has 3 nitrogen and oxygen atoms in total. The summed E-state index contributed by atoms with van der Waals surface area (Å²) in [5.41, 5.74) is 4.90. The van der Waals surface area contributed by atoms with E-state index < -0.39 is 0 Å². The lowest BCUT2D eigenvalue weighted by Gasteiger charge is -2.14. The molecule has 2 aliphatic rings. The quantitative estimate of drug-likeness (QED) is 0.810. The van der Waals surface area contributed by atoms with Crippen LogP contribution in [0.25, 0.3) is 0 Å². The number of aryl methyl sites for hydroxylation is 2. The van der Waals surface area contributed by atoms with Gasteiger partial charge in [-0.2, -0.15) is 0 Å². The first kappa shape index (κ1) is 12.4. The van der Waals surface area contributed by atoms with E-state index in [1.165, 1.54) is 23.1 Å². The van der Waals surface area contributed by atoms with Crippen LogP contribution < -0.4 is 10.6 Å². The van der Waals surface area contributed by atoms with E-state index in [1.54, 1.807) is 0 Å². The molecule has 0 spiro atoms. The summed E-state index contributed by atoms with van der Waals surface area (Å²) in [6, 6.07) is 6.13. The van der Waals surface area contributed by atoms with Gasteiger partial charge in [0.1, 0.15) is 0 Å². The molecule has 0 bridgehead atoms. The largest absolute Gasteiger partial charge is 0.348 e. The molecular formula is C16H20N2O. The molecule has 1 aromatic rings. The van der Waals surface area contributed by atoms with E-state index in [-0.39, 0.29) is 5.91 Å². The Labute approximate surface area is 114 Å². The lowest BCUT2D eigenvalue weighted by Crippen LogP contribution is -2.29. The maximum atomic E-state index is 12.1. The van der Waals surface area contributed by atoms with Gasteiger partial charge in [-0.15, -0.1) is 0 Å². The fraction of sp³-hybridized carbons (Fsp3) is 0.438. The van der Waals surface area contributed by atoms with Crippen molar-refractivity contribution in [3.8, 4) is 0 Å². The van der Waals surface area contributed by atoms with E-state index in [1.807, 2.05) is 6.07 Å². The molecule has 19 heavy (non-hydrogen) atoms. The van der Waals surface area contributed by atoms with E-state index >= 15 is 0 Å². The number of fused-ring (bicyclic) bond motifs is 1. The van der Waals surface area contributed by atoms with Crippen molar-refractivity contribution in [3.63, 3.8) is 0 Å². The van der Waals surface area contributed by atoms with Crippen molar-refractivity contribution in [2.45, 2.75) is 25.7 Å². The van der Waals surface area contributed by atoms with E-state index in [9.17, 15) is 4.79 Å². The van der Waals surface area contributed by atoms with Gasteiger partial charge >= 0.3 is 0 Å². The first-order valence-corrected chi connectivity index (χ1v) is 7.11. The summed E-state index contributed by atoms with van der Waals surface area (Å²) in [6.07, 6.45) is 6.71. The summed E-state index contributed by atoms with van der Waals surface area (Å²) in [7, 11) is 0. The first-order valence-electron chi connectivity index (χ1n) is 7.11. The highest BCUT2D eigenvalue weighted by Crippen LogP contribution is 2.22. The molecule has 1 aliphatic carbocycles. The zero-order valence-corrected chi connectivity index (χ0v) is 11.2. The number of rotatable bonds is 3. The van der Waals surface area contributed by atoms with Gasteiger partial charge in [0.05, 0.1) is 0 Å². The van der Waals surface area contributed by atoms with Crippen LogP contribution in [0.5, 0.6) is 0 Å². The second-order valence-corrected chi connectivity index (χ2v) is 5.34.